The van der Waals surface area contributed by atoms with E-state index in [0.717, 1.165) is 36.6 Å². The SMILES string of the molecule is O=C(NC1CCOCC1)c1ccc(S(=O)(=O)n2cc(C3CCCCC3)c3ccccc32)cc1. The van der Waals surface area contributed by atoms with Crippen LogP contribution in [0.25, 0.3) is 10.9 Å². The lowest BCUT2D eigenvalue weighted by atomic mass is 9.84. The Labute approximate surface area is 195 Å². The van der Waals surface area contributed by atoms with Gasteiger partial charge in [0.05, 0.1) is 10.4 Å². The third-order valence-electron chi connectivity index (χ3n) is 6.98. The maximum atomic E-state index is 13.6. The van der Waals surface area contributed by atoms with E-state index >= 15 is 0 Å². The number of benzene rings is 2. The fourth-order valence-electron chi connectivity index (χ4n) is 5.12. The van der Waals surface area contributed by atoms with Crippen molar-refractivity contribution in [3.05, 3.63) is 65.9 Å². The lowest BCUT2D eigenvalue weighted by Crippen LogP contribution is -2.38. The van der Waals surface area contributed by atoms with Crippen molar-refractivity contribution in [2.24, 2.45) is 0 Å². The molecule has 0 radical (unpaired) electrons. The van der Waals surface area contributed by atoms with E-state index in [0.29, 0.717) is 30.2 Å². The van der Waals surface area contributed by atoms with Gasteiger partial charge in [0.2, 0.25) is 0 Å². The highest BCUT2D eigenvalue weighted by Crippen LogP contribution is 2.38. The normalized spacial score (nSPS) is 18.4. The first kappa shape index (κ1) is 22.2. The largest absolute Gasteiger partial charge is 0.381 e. The summed E-state index contributed by atoms with van der Waals surface area (Å²) in [6.45, 7) is 1.30. The second kappa shape index (κ2) is 9.31. The summed E-state index contributed by atoms with van der Waals surface area (Å²) >= 11 is 0. The molecule has 1 aliphatic carbocycles. The van der Waals surface area contributed by atoms with Crippen LogP contribution in [-0.4, -0.2) is 37.6 Å². The number of para-hydroxylation sites is 1. The Morgan fingerprint density at radius 1 is 0.909 bits per heavy atom. The van der Waals surface area contributed by atoms with Gasteiger partial charge in [-0.1, -0.05) is 37.5 Å². The van der Waals surface area contributed by atoms with Crippen molar-refractivity contribution >= 4 is 26.8 Å². The summed E-state index contributed by atoms with van der Waals surface area (Å²) < 4.78 is 33.9. The van der Waals surface area contributed by atoms with E-state index in [1.165, 1.54) is 35.4 Å². The van der Waals surface area contributed by atoms with Gasteiger partial charge in [-0.05, 0) is 67.5 Å². The number of nitrogens with zero attached hydrogens (tertiary/aromatic N) is 1. The lowest BCUT2D eigenvalue weighted by Gasteiger charge is -2.23. The maximum absolute atomic E-state index is 13.6. The lowest BCUT2D eigenvalue weighted by molar-refractivity contribution is 0.0696. The summed E-state index contributed by atoms with van der Waals surface area (Å²) in [5.74, 6) is 0.216. The van der Waals surface area contributed by atoms with Crippen molar-refractivity contribution in [3.8, 4) is 0 Å². The second-order valence-corrected chi connectivity index (χ2v) is 10.9. The third-order valence-corrected chi connectivity index (χ3v) is 8.67. The number of fused-ring (bicyclic) bond motifs is 1. The molecule has 2 aromatic carbocycles. The summed E-state index contributed by atoms with van der Waals surface area (Å²) in [4.78, 5) is 12.8. The summed E-state index contributed by atoms with van der Waals surface area (Å²) in [5.41, 5.74) is 2.29. The van der Waals surface area contributed by atoms with Crippen LogP contribution in [0.1, 0.15) is 66.8 Å². The molecule has 3 aromatic rings. The molecule has 1 saturated carbocycles. The van der Waals surface area contributed by atoms with Crippen LogP contribution < -0.4 is 5.32 Å². The van der Waals surface area contributed by atoms with Crippen molar-refractivity contribution in [1.29, 1.82) is 0 Å². The van der Waals surface area contributed by atoms with Gasteiger partial charge in [0.15, 0.2) is 0 Å². The fourth-order valence-corrected chi connectivity index (χ4v) is 6.49. The van der Waals surface area contributed by atoms with E-state index in [-0.39, 0.29) is 16.8 Å². The van der Waals surface area contributed by atoms with Gasteiger partial charge in [-0.25, -0.2) is 12.4 Å². The number of rotatable bonds is 5. The molecule has 1 N–H and O–H groups in total. The summed E-state index contributed by atoms with van der Waals surface area (Å²) in [6.07, 6.45) is 9.24. The van der Waals surface area contributed by atoms with E-state index in [1.807, 2.05) is 30.5 Å². The highest BCUT2D eigenvalue weighted by atomic mass is 32.2. The molecular weight excluding hydrogens is 436 g/mol. The third kappa shape index (κ3) is 4.44. The molecule has 7 heteroatoms. The zero-order chi connectivity index (χ0) is 22.8. The van der Waals surface area contributed by atoms with Gasteiger partial charge in [-0.3, -0.25) is 4.79 Å². The standard InChI is InChI=1S/C26H30N2O4S/c29-26(27-21-14-16-32-17-15-21)20-10-12-22(13-11-20)33(30,31)28-18-24(19-6-2-1-3-7-19)23-8-4-5-9-25(23)28/h4-5,8-13,18-19,21H,1-3,6-7,14-17H2,(H,27,29). The van der Waals surface area contributed by atoms with Gasteiger partial charge in [0, 0.05) is 36.4 Å². The Morgan fingerprint density at radius 3 is 2.33 bits per heavy atom. The number of carbonyl (C=O) groups is 1. The van der Waals surface area contributed by atoms with Gasteiger partial charge >= 0.3 is 0 Å². The first-order chi connectivity index (χ1) is 16.0. The number of hydrogen-bond donors (Lipinski definition) is 1. The number of amides is 1. The van der Waals surface area contributed by atoms with Crippen molar-refractivity contribution in [2.75, 3.05) is 13.2 Å². The van der Waals surface area contributed by atoms with E-state index in [4.69, 9.17) is 4.74 Å². The number of hydrogen-bond acceptors (Lipinski definition) is 4. The predicted octanol–water partition coefficient (Wildman–Crippen LogP) is 4.83. The fraction of sp³-hybridized carbons (Fsp3) is 0.423. The highest BCUT2D eigenvalue weighted by molar-refractivity contribution is 7.90. The molecule has 1 aliphatic heterocycles. The molecule has 1 amide bonds. The van der Waals surface area contributed by atoms with Crippen LogP contribution in [0.4, 0.5) is 0 Å². The minimum absolute atomic E-state index is 0.0964. The van der Waals surface area contributed by atoms with Crippen molar-refractivity contribution in [3.63, 3.8) is 0 Å². The van der Waals surface area contributed by atoms with Crippen LogP contribution in [0.15, 0.2) is 59.6 Å². The summed E-state index contributed by atoms with van der Waals surface area (Å²) in [6, 6.07) is 14.1. The Kier molecular flexibility index (Phi) is 6.25. The molecule has 0 bridgehead atoms. The van der Waals surface area contributed by atoms with Gasteiger partial charge in [-0.15, -0.1) is 0 Å². The van der Waals surface area contributed by atoms with Crippen LogP contribution >= 0.6 is 0 Å². The van der Waals surface area contributed by atoms with E-state index in [9.17, 15) is 13.2 Å². The van der Waals surface area contributed by atoms with Crippen molar-refractivity contribution in [1.82, 2.24) is 9.29 Å². The second-order valence-electron chi connectivity index (χ2n) is 9.12. The smallest absolute Gasteiger partial charge is 0.268 e. The van der Waals surface area contributed by atoms with Gasteiger partial charge in [-0.2, -0.15) is 0 Å². The minimum atomic E-state index is -3.78. The molecule has 0 unspecified atom stereocenters. The first-order valence-corrected chi connectivity index (χ1v) is 13.3. The van der Waals surface area contributed by atoms with E-state index in [1.54, 1.807) is 12.1 Å². The van der Waals surface area contributed by atoms with E-state index < -0.39 is 10.0 Å². The minimum Gasteiger partial charge on any atom is -0.381 e. The molecule has 2 aliphatic rings. The molecular formula is C26H30N2O4S. The zero-order valence-electron chi connectivity index (χ0n) is 18.7. The summed E-state index contributed by atoms with van der Waals surface area (Å²) in [7, 11) is -3.78. The average molecular weight is 467 g/mol. The molecule has 6 nitrogen and oxygen atoms in total. The van der Waals surface area contributed by atoms with E-state index in [2.05, 4.69) is 5.32 Å². The number of nitrogens with one attached hydrogen (secondary N) is 1. The van der Waals surface area contributed by atoms with Crippen LogP contribution in [0.3, 0.4) is 0 Å². The monoisotopic (exact) mass is 466 g/mol. The Morgan fingerprint density at radius 2 is 1.61 bits per heavy atom. The maximum Gasteiger partial charge on any atom is 0.268 e. The molecule has 1 aromatic heterocycles. The van der Waals surface area contributed by atoms with Crippen molar-refractivity contribution < 1.29 is 17.9 Å². The molecule has 2 fully saturated rings. The molecule has 174 valence electrons. The van der Waals surface area contributed by atoms with Crippen molar-refractivity contribution in [2.45, 2.75) is 61.8 Å². The van der Waals surface area contributed by atoms with Crippen LogP contribution in [0.5, 0.6) is 0 Å². The van der Waals surface area contributed by atoms with Gasteiger partial charge in [0.25, 0.3) is 15.9 Å². The zero-order valence-corrected chi connectivity index (χ0v) is 19.5. The number of carbonyl (C=O) groups excluding carboxylic acids is 1. The average Bonchev–Trinajstić information content (AvgIpc) is 3.26. The Hall–Kier alpha value is -2.64. The predicted molar refractivity (Wildman–Crippen MR) is 128 cm³/mol. The Bertz CT molecular complexity index is 1240. The quantitative estimate of drug-likeness (QED) is 0.584. The molecule has 33 heavy (non-hydrogen) atoms. The molecule has 0 atom stereocenters. The highest BCUT2D eigenvalue weighted by Gasteiger charge is 2.26. The number of aromatic nitrogens is 1. The van der Waals surface area contributed by atoms with Gasteiger partial charge < -0.3 is 10.1 Å². The molecule has 0 spiro atoms. The first-order valence-electron chi connectivity index (χ1n) is 11.9. The van der Waals surface area contributed by atoms with Crippen LogP contribution in [0, 0.1) is 0 Å². The molecule has 5 rings (SSSR count). The topological polar surface area (TPSA) is 77.4 Å². The van der Waals surface area contributed by atoms with Gasteiger partial charge in [0.1, 0.15) is 0 Å². The van der Waals surface area contributed by atoms with Crippen LogP contribution in [0.2, 0.25) is 0 Å². The van der Waals surface area contributed by atoms with Crippen LogP contribution in [-0.2, 0) is 14.8 Å². The molecule has 2 heterocycles. The molecule has 1 saturated heterocycles. The number of ether oxygens (including phenoxy) is 1. The summed E-state index contributed by atoms with van der Waals surface area (Å²) in [5, 5.41) is 4.03. The Balaban J connectivity index is 1.43.